The maximum absolute atomic E-state index is 2.74. The zero-order valence-corrected chi connectivity index (χ0v) is 25.2. The van der Waals surface area contributed by atoms with Gasteiger partial charge in [-0.15, -0.1) is 0 Å². The zero-order valence-electron chi connectivity index (χ0n) is 21.3. The molecule has 0 amide bonds. The molecule has 0 N–H and O–H groups in total. The van der Waals surface area contributed by atoms with Crippen LogP contribution in [0.2, 0.25) is 0 Å². The van der Waals surface area contributed by atoms with E-state index in [-0.39, 0.29) is 30.2 Å². The Morgan fingerprint density at radius 1 is 0.771 bits per heavy atom. The molecule has 0 saturated carbocycles. The van der Waals surface area contributed by atoms with Crippen LogP contribution in [0.4, 0.5) is 0 Å². The first kappa shape index (κ1) is 28.1. The zero-order chi connectivity index (χ0) is 23.2. The number of hydrogen-bond acceptors (Lipinski definition) is 0. The Hall–Kier alpha value is -1.53. The minimum Gasteiger partial charge on any atom is -1.00 e. The number of rotatable bonds is 4. The van der Waals surface area contributed by atoms with Gasteiger partial charge in [-0.25, -0.2) is 0 Å². The summed E-state index contributed by atoms with van der Waals surface area (Å²) in [6.45, 7) is 12.0. The van der Waals surface area contributed by atoms with E-state index >= 15 is 0 Å². The molecule has 5 rings (SSSR count). The summed E-state index contributed by atoms with van der Waals surface area (Å²) in [6.07, 6.45) is 3.73. The Balaban J connectivity index is 0.00000171. The molecule has 0 fully saturated rings. The van der Waals surface area contributed by atoms with Gasteiger partial charge in [0, 0.05) is 0 Å². The average molecular weight is 581 g/mol. The molecule has 180 valence electrons. The molecule has 3 heteroatoms. The van der Waals surface area contributed by atoms with Crippen molar-refractivity contribution in [2.45, 2.75) is 44.7 Å². The van der Waals surface area contributed by atoms with Crippen LogP contribution < -0.4 is 24.8 Å². The first-order chi connectivity index (χ1) is 15.9. The van der Waals surface area contributed by atoms with Gasteiger partial charge in [-0.2, -0.15) is 0 Å². The topological polar surface area (TPSA) is 0 Å². The van der Waals surface area contributed by atoms with Crippen molar-refractivity contribution in [2.24, 2.45) is 11.3 Å². The number of allylic oxidation sites excluding steroid dienone is 4. The van der Waals surface area contributed by atoms with Gasteiger partial charge in [0.2, 0.25) is 0 Å². The Kier molecular flexibility index (Phi) is 9.02. The van der Waals surface area contributed by atoms with E-state index in [0.29, 0.717) is 9.54 Å². The molecule has 0 heterocycles. The summed E-state index contributed by atoms with van der Waals surface area (Å²) in [5, 5.41) is 0. The summed E-state index contributed by atoms with van der Waals surface area (Å²) in [5.74, 6) is 0.531. The largest absolute Gasteiger partial charge is 1.00 e. The van der Waals surface area contributed by atoms with Gasteiger partial charge < -0.3 is 24.8 Å². The third-order valence-corrected chi connectivity index (χ3v) is 15.3. The van der Waals surface area contributed by atoms with Gasteiger partial charge in [0.25, 0.3) is 0 Å². The molecule has 0 saturated heterocycles. The third-order valence-electron chi connectivity index (χ3n) is 7.26. The van der Waals surface area contributed by atoms with Crippen LogP contribution in [0.15, 0.2) is 99.4 Å². The van der Waals surface area contributed by atoms with E-state index in [0.717, 1.165) is 6.42 Å². The van der Waals surface area contributed by atoms with Crippen LogP contribution in [0, 0.1) is 11.3 Å². The van der Waals surface area contributed by atoms with Crippen LogP contribution in [0.1, 0.15) is 61.4 Å². The van der Waals surface area contributed by atoms with Crippen molar-refractivity contribution >= 4 is 3.71 Å². The molecule has 0 nitrogen and oxygen atoms in total. The minimum atomic E-state index is -2.37. The molecule has 3 aromatic carbocycles. The normalized spacial score (nSPS) is 16.8. The van der Waals surface area contributed by atoms with Gasteiger partial charge in [-0.1, -0.05) is 0 Å². The predicted octanol–water partition coefficient (Wildman–Crippen LogP) is 2.52. The van der Waals surface area contributed by atoms with Gasteiger partial charge in [0.1, 0.15) is 0 Å². The fourth-order valence-electron chi connectivity index (χ4n) is 5.91. The summed E-state index contributed by atoms with van der Waals surface area (Å²) in [5.41, 5.74) is 10.8. The van der Waals surface area contributed by atoms with Gasteiger partial charge in [-0.05, 0) is 0 Å². The van der Waals surface area contributed by atoms with Crippen molar-refractivity contribution in [3.8, 4) is 11.1 Å². The number of halogens is 2. The molecule has 1 unspecified atom stereocenters. The molecule has 0 spiro atoms. The van der Waals surface area contributed by atoms with Crippen molar-refractivity contribution in [3.63, 3.8) is 0 Å². The summed E-state index contributed by atoms with van der Waals surface area (Å²) < 4.78 is 5.09. The second-order valence-corrected chi connectivity index (χ2v) is 16.2. The van der Waals surface area contributed by atoms with E-state index in [1.807, 2.05) is 3.28 Å². The van der Waals surface area contributed by atoms with Gasteiger partial charge in [-0.3, -0.25) is 0 Å². The Morgan fingerprint density at radius 3 is 1.80 bits per heavy atom. The van der Waals surface area contributed by atoms with Crippen LogP contribution in [-0.4, -0.2) is 3.71 Å². The smallest absolute Gasteiger partial charge is 1.00 e. The SMILES string of the molecule is CCC1=[C](/[Zr+2](=[CH]/c2ccccc2)[CH]2c3ccccc3-c3ccccc32)C(C)C=C1C(C)(C)C.[Cl-].[Cl-]. The van der Waals surface area contributed by atoms with Crippen LogP contribution in [0.25, 0.3) is 11.1 Å². The second-order valence-electron chi connectivity index (χ2n) is 10.5. The van der Waals surface area contributed by atoms with Gasteiger partial charge in [0.15, 0.2) is 0 Å². The molecular formula is C32H34Cl2Zr. The van der Waals surface area contributed by atoms with E-state index in [1.54, 1.807) is 22.3 Å². The quantitative estimate of drug-likeness (QED) is 0.445. The number of fused-ring (bicyclic) bond motifs is 3. The molecule has 0 aliphatic heterocycles. The molecule has 1 atom stereocenters. The molecule has 0 bridgehead atoms. The Labute approximate surface area is 231 Å². The molecule has 0 radical (unpaired) electrons. The van der Waals surface area contributed by atoms with Crippen molar-refractivity contribution in [2.75, 3.05) is 0 Å². The van der Waals surface area contributed by atoms with Gasteiger partial charge >= 0.3 is 208 Å². The van der Waals surface area contributed by atoms with Crippen LogP contribution in [-0.2, 0) is 21.3 Å². The van der Waals surface area contributed by atoms with Crippen molar-refractivity contribution in [1.29, 1.82) is 0 Å². The molecule has 0 aromatic heterocycles. The maximum atomic E-state index is 2.74. The molecule has 2 aliphatic carbocycles. The first-order valence-corrected chi connectivity index (χ1v) is 16.4. The minimum absolute atomic E-state index is 0. The first-order valence-electron chi connectivity index (χ1n) is 12.3. The van der Waals surface area contributed by atoms with Crippen molar-refractivity contribution in [1.82, 2.24) is 0 Å². The fourth-order valence-corrected chi connectivity index (χ4v) is 14.8. The fraction of sp³-hybridized carbons (Fsp3) is 0.281. The monoisotopic (exact) mass is 578 g/mol. The van der Waals surface area contributed by atoms with E-state index in [4.69, 9.17) is 0 Å². The summed E-state index contributed by atoms with van der Waals surface area (Å²) >= 11 is -2.37. The summed E-state index contributed by atoms with van der Waals surface area (Å²) in [7, 11) is 0. The molecule has 2 aliphatic rings. The Bertz CT molecular complexity index is 1250. The van der Waals surface area contributed by atoms with Gasteiger partial charge in [0.05, 0.1) is 0 Å². The number of hydrogen-bond donors (Lipinski definition) is 0. The van der Waals surface area contributed by atoms with E-state index in [1.165, 1.54) is 16.7 Å². The van der Waals surface area contributed by atoms with Crippen LogP contribution >= 0.6 is 0 Å². The van der Waals surface area contributed by atoms with Crippen molar-refractivity contribution in [3.05, 3.63) is 116 Å². The van der Waals surface area contributed by atoms with E-state index in [9.17, 15) is 0 Å². The second kappa shape index (κ2) is 11.2. The standard InChI is InChI=1S/C13H9.C12H19.C7H6.2ClH.Zr/c1-3-7-12-10(5-1)9-11-6-2-4-8-13(11)12;1-6-10-7-9(2)8-11(10)12(3,4)5;1-7-5-3-2-4-6-7;;;/h1-9H;8-9H,6H2,1-5H3;1-6H;2*1H;/q;;;;;+2/p-2. The molecule has 35 heavy (non-hydrogen) atoms. The number of benzene rings is 3. The molecule has 3 aromatic rings. The maximum Gasteiger partial charge on any atom is -1.00 e. The van der Waals surface area contributed by atoms with E-state index in [2.05, 4.69) is 123 Å². The molecular weight excluding hydrogens is 546 g/mol. The summed E-state index contributed by atoms with van der Waals surface area (Å²) in [6, 6.07) is 29.5. The van der Waals surface area contributed by atoms with Crippen LogP contribution in [0.5, 0.6) is 0 Å². The van der Waals surface area contributed by atoms with Crippen LogP contribution in [0.3, 0.4) is 0 Å². The average Bonchev–Trinajstić information content (AvgIpc) is 3.33. The third kappa shape index (κ3) is 5.16. The van der Waals surface area contributed by atoms with Crippen molar-refractivity contribution < 1.29 is 46.1 Å². The van der Waals surface area contributed by atoms with E-state index < -0.39 is 21.3 Å². The Morgan fingerprint density at radius 2 is 1.29 bits per heavy atom. The predicted molar refractivity (Wildman–Crippen MR) is 139 cm³/mol. The summed E-state index contributed by atoms with van der Waals surface area (Å²) in [4.78, 5) is 0.